The molecule has 5 heteroatoms. The molecule has 2 heterocycles. The molecule has 1 aromatic carbocycles. The number of halogens is 1. The van der Waals surface area contributed by atoms with Crippen molar-refractivity contribution in [3.05, 3.63) is 28.8 Å². The predicted molar refractivity (Wildman–Crippen MR) is 74.5 cm³/mol. The number of hydrogen-bond donors (Lipinski definition) is 1. The highest BCUT2D eigenvalue weighted by atomic mass is 35.5. The van der Waals surface area contributed by atoms with E-state index in [0.717, 1.165) is 35.5 Å². The van der Waals surface area contributed by atoms with Gasteiger partial charge in [0.1, 0.15) is 6.10 Å². The first-order valence-corrected chi connectivity index (χ1v) is 7.03. The van der Waals surface area contributed by atoms with E-state index in [2.05, 4.69) is 0 Å². The van der Waals surface area contributed by atoms with Gasteiger partial charge in [-0.25, -0.2) is 0 Å². The average Bonchev–Trinajstić information content (AvgIpc) is 3.05. The summed E-state index contributed by atoms with van der Waals surface area (Å²) in [4.78, 5) is 14.3. The maximum atomic E-state index is 12.5. The number of amides is 1. The maximum Gasteiger partial charge on any atom is 0.256 e. The van der Waals surface area contributed by atoms with Crippen LogP contribution in [0.2, 0.25) is 5.02 Å². The van der Waals surface area contributed by atoms with Crippen LogP contribution < -0.4 is 10.6 Å². The molecule has 0 saturated carbocycles. The first-order chi connectivity index (χ1) is 9.20. The molecule has 0 bridgehead atoms. The number of ether oxygens (including phenoxy) is 1. The zero-order chi connectivity index (χ0) is 13.4. The van der Waals surface area contributed by atoms with E-state index in [1.54, 1.807) is 4.90 Å². The highest BCUT2D eigenvalue weighted by Gasteiger charge is 2.36. The Morgan fingerprint density at radius 3 is 3.05 bits per heavy atom. The van der Waals surface area contributed by atoms with E-state index in [-0.39, 0.29) is 18.1 Å². The van der Waals surface area contributed by atoms with Crippen molar-refractivity contribution in [2.45, 2.75) is 31.5 Å². The lowest BCUT2D eigenvalue weighted by molar-refractivity contribution is -0.129. The monoisotopic (exact) mass is 280 g/mol. The van der Waals surface area contributed by atoms with Gasteiger partial charge in [0, 0.05) is 23.8 Å². The molecule has 1 amide bonds. The first kappa shape index (κ1) is 12.9. The molecule has 1 fully saturated rings. The van der Waals surface area contributed by atoms with Gasteiger partial charge >= 0.3 is 0 Å². The number of benzene rings is 1. The average molecular weight is 281 g/mol. The van der Waals surface area contributed by atoms with E-state index < -0.39 is 0 Å². The number of carbonyl (C=O) groups excluding carboxylic acids is 1. The summed E-state index contributed by atoms with van der Waals surface area (Å²) in [6.45, 7) is 1.16. The third kappa shape index (κ3) is 2.24. The van der Waals surface area contributed by atoms with Crippen molar-refractivity contribution in [2.75, 3.05) is 18.0 Å². The largest absolute Gasteiger partial charge is 0.364 e. The highest BCUT2D eigenvalue weighted by Crippen LogP contribution is 2.34. The smallest absolute Gasteiger partial charge is 0.256 e. The molecular weight excluding hydrogens is 264 g/mol. The van der Waals surface area contributed by atoms with Gasteiger partial charge < -0.3 is 15.4 Å². The summed E-state index contributed by atoms with van der Waals surface area (Å²) in [5.41, 5.74) is 7.57. The SMILES string of the molecule is NC[C@H]1CC[C@@H](C(=O)N2CCc3c(Cl)cccc32)O1. The Morgan fingerprint density at radius 1 is 1.47 bits per heavy atom. The number of carbonyl (C=O) groups is 1. The fourth-order valence-electron chi connectivity index (χ4n) is 2.86. The Hall–Kier alpha value is -1.10. The number of anilines is 1. The first-order valence-electron chi connectivity index (χ1n) is 6.65. The number of nitrogens with two attached hydrogens (primary N) is 1. The molecule has 1 aromatic rings. The van der Waals surface area contributed by atoms with Gasteiger partial charge in [-0.1, -0.05) is 17.7 Å². The fraction of sp³-hybridized carbons (Fsp3) is 0.500. The topological polar surface area (TPSA) is 55.6 Å². The molecular formula is C14H17ClN2O2. The van der Waals surface area contributed by atoms with Crippen molar-refractivity contribution >= 4 is 23.2 Å². The second-order valence-electron chi connectivity index (χ2n) is 5.04. The van der Waals surface area contributed by atoms with E-state index in [9.17, 15) is 4.79 Å². The Kier molecular flexibility index (Phi) is 3.48. The molecule has 2 atom stereocenters. The van der Waals surface area contributed by atoms with Gasteiger partial charge in [-0.05, 0) is 37.0 Å². The molecule has 2 aliphatic rings. The summed E-state index contributed by atoms with van der Waals surface area (Å²) >= 11 is 6.16. The predicted octanol–water partition coefficient (Wildman–Crippen LogP) is 1.74. The molecule has 0 unspecified atom stereocenters. The van der Waals surface area contributed by atoms with E-state index in [0.29, 0.717) is 13.1 Å². The zero-order valence-electron chi connectivity index (χ0n) is 10.6. The standard InChI is InChI=1S/C14H17ClN2O2/c15-11-2-1-3-12-10(11)6-7-17(12)14(18)13-5-4-9(8-16)19-13/h1-3,9,13H,4-8,16H2/t9-,13+/m1/s1. The Labute approximate surface area is 117 Å². The second-order valence-corrected chi connectivity index (χ2v) is 5.44. The summed E-state index contributed by atoms with van der Waals surface area (Å²) in [5, 5.41) is 0.736. The molecule has 102 valence electrons. The van der Waals surface area contributed by atoms with Crippen LogP contribution in [0.4, 0.5) is 5.69 Å². The molecule has 0 aromatic heterocycles. The minimum absolute atomic E-state index is 0.0235. The van der Waals surface area contributed by atoms with E-state index in [1.807, 2.05) is 18.2 Å². The van der Waals surface area contributed by atoms with Gasteiger partial charge in [-0.15, -0.1) is 0 Å². The van der Waals surface area contributed by atoms with Crippen molar-refractivity contribution in [3.8, 4) is 0 Å². The molecule has 2 aliphatic heterocycles. The summed E-state index contributed by atoms with van der Waals surface area (Å²) < 4.78 is 5.68. The van der Waals surface area contributed by atoms with Gasteiger partial charge in [0.15, 0.2) is 0 Å². The third-order valence-electron chi connectivity index (χ3n) is 3.88. The summed E-state index contributed by atoms with van der Waals surface area (Å²) in [6, 6.07) is 5.69. The third-order valence-corrected chi connectivity index (χ3v) is 4.24. The van der Waals surface area contributed by atoms with Crippen molar-refractivity contribution in [3.63, 3.8) is 0 Å². The van der Waals surface area contributed by atoms with Crippen LogP contribution in [0.15, 0.2) is 18.2 Å². The van der Waals surface area contributed by atoms with E-state index in [4.69, 9.17) is 22.1 Å². The molecule has 4 nitrogen and oxygen atoms in total. The second kappa shape index (κ2) is 5.12. The van der Waals surface area contributed by atoms with Crippen LogP contribution in [0.1, 0.15) is 18.4 Å². The molecule has 0 spiro atoms. The van der Waals surface area contributed by atoms with Crippen molar-refractivity contribution in [1.29, 1.82) is 0 Å². The van der Waals surface area contributed by atoms with Crippen LogP contribution in [0.3, 0.4) is 0 Å². The van der Waals surface area contributed by atoms with Crippen LogP contribution in [-0.4, -0.2) is 31.2 Å². The zero-order valence-corrected chi connectivity index (χ0v) is 11.4. The molecule has 19 heavy (non-hydrogen) atoms. The van der Waals surface area contributed by atoms with E-state index in [1.165, 1.54) is 0 Å². The number of fused-ring (bicyclic) bond motifs is 1. The van der Waals surface area contributed by atoms with Crippen LogP contribution in [-0.2, 0) is 16.0 Å². The van der Waals surface area contributed by atoms with Gasteiger partial charge in [0.05, 0.1) is 6.10 Å². The van der Waals surface area contributed by atoms with Crippen LogP contribution in [0.25, 0.3) is 0 Å². The van der Waals surface area contributed by atoms with Gasteiger partial charge in [-0.2, -0.15) is 0 Å². The van der Waals surface area contributed by atoms with Crippen molar-refractivity contribution in [1.82, 2.24) is 0 Å². The normalized spacial score (nSPS) is 25.7. The maximum absolute atomic E-state index is 12.5. The van der Waals surface area contributed by atoms with E-state index >= 15 is 0 Å². The number of hydrogen-bond acceptors (Lipinski definition) is 3. The Morgan fingerprint density at radius 2 is 2.32 bits per heavy atom. The minimum Gasteiger partial charge on any atom is -0.364 e. The van der Waals surface area contributed by atoms with Crippen LogP contribution in [0, 0.1) is 0 Å². The van der Waals surface area contributed by atoms with Crippen LogP contribution in [0.5, 0.6) is 0 Å². The lowest BCUT2D eigenvalue weighted by Gasteiger charge is -2.21. The Balaban J connectivity index is 1.79. The van der Waals surface area contributed by atoms with Crippen molar-refractivity contribution < 1.29 is 9.53 Å². The van der Waals surface area contributed by atoms with Gasteiger partial charge in [-0.3, -0.25) is 4.79 Å². The fourth-order valence-corrected chi connectivity index (χ4v) is 3.12. The molecule has 0 aliphatic carbocycles. The molecule has 1 saturated heterocycles. The molecule has 2 N–H and O–H groups in total. The van der Waals surface area contributed by atoms with Gasteiger partial charge in [0.2, 0.25) is 0 Å². The number of rotatable bonds is 2. The lowest BCUT2D eigenvalue weighted by Crippen LogP contribution is -2.38. The molecule has 3 rings (SSSR count). The highest BCUT2D eigenvalue weighted by molar-refractivity contribution is 6.32. The Bertz CT molecular complexity index is 506. The van der Waals surface area contributed by atoms with Crippen molar-refractivity contribution in [2.24, 2.45) is 5.73 Å². The summed E-state index contributed by atoms with van der Waals surface area (Å²) in [5.74, 6) is 0.0389. The van der Waals surface area contributed by atoms with Crippen LogP contribution >= 0.6 is 11.6 Å². The minimum atomic E-state index is -0.349. The summed E-state index contributed by atoms with van der Waals surface area (Å²) in [7, 11) is 0. The number of nitrogens with zero attached hydrogens (tertiary/aromatic N) is 1. The molecule has 0 radical (unpaired) electrons. The quantitative estimate of drug-likeness (QED) is 0.898. The lowest BCUT2D eigenvalue weighted by atomic mass is 10.1. The van der Waals surface area contributed by atoms with Gasteiger partial charge in [0.25, 0.3) is 5.91 Å². The summed E-state index contributed by atoms with van der Waals surface area (Å²) in [6.07, 6.45) is 2.11.